The third-order valence-electron chi connectivity index (χ3n) is 1.80. The van der Waals surface area contributed by atoms with Gasteiger partial charge >= 0.3 is 93.4 Å². The Bertz CT molecular complexity index is 137. The van der Waals surface area contributed by atoms with E-state index in [1.165, 1.54) is 25.9 Å². The predicted octanol–water partition coefficient (Wildman–Crippen LogP) is 1.05. The monoisotopic (exact) mass is 354 g/mol. The quantitative estimate of drug-likeness (QED) is 0.656. The maximum atomic E-state index is 3.44. The molecule has 0 saturated carbocycles. The summed E-state index contributed by atoms with van der Waals surface area (Å²) in [6, 6.07) is 0. The molecule has 3 heteroatoms. The summed E-state index contributed by atoms with van der Waals surface area (Å²) < 4.78 is 1.62. The van der Waals surface area contributed by atoms with Gasteiger partial charge in [-0.25, -0.2) is 0 Å². The van der Waals surface area contributed by atoms with Crippen LogP contribution in [-0.2, 0) is 19.4 Å². The Morgan fingerprint density at radius 2 is 2.00 bits per heavy atom. The molecule has 0 rings (SSSR count). The second-order valence-electron chi connectivity index (χ2n) is 3.45. The van der Waals surface area contributed by atoms with Gasteiger partial charge in [-0.1, -0.05) is 0 Å². The van der Waals surface area contributed by atoms with Gasteiger partial charge in [-0.3, -0.25) is 0 Å². The molecule has 0 aliphatic heterocycles. The molecule has 0 aliphatic carbocycles. The van der Waals surface area contributed by atoms with Gasteiger partial charge < -0.3 is 0 Å². The fourth-order valence-electron chi connectivity index (χ4n) is 1.22. The molecule has 0 aromatic heterocycles. The van der Waals surface area contributed by atoms with Crippen LogP contribution in [0.4, 0.5) is 0 Å². The van der Waals surface area contributed by atoms with Crippen LogP contribution in [0.15, 0.2) is 0 Å². The molecule has 0 aromatic carbocycles. The molecule has 0 saturated heterocycles. The van der Waals surface area contributed by atoms with Crippen molar-refractivity contribution >= 4 is 3.90 Å². The minimum atomic E-state index is 1.11. The van der Waals surface area contributed by atoms with Crippen LogP contribution in [0.2, 0.25) is 0 Å². The van der Waals surface area contributed by atoms with E-state index in [0.717, 1.165) is 13.1 Å². The number of nitrogens with one attached hydrogen (secondary N) is 1. The minimum absolute atomic E-state index is 1.11. The number of rotatable bonds is 8. The molecule has 0 fully saturated rings. The summed E-state index contributed by atoms with van der Waals surface area (Å²) in [4.78, 5) is 2.40. The van der Waals surface area contributed by atoms with Gasteiger partial charge in [0.2, 0.25) is 0 Å². The SMILES string of the molecule is CCCNC[C](=[W])CN(C)CCC. The van der Waals surface area contributed by atoms with Crippen LogP contribution in [0.25, 0.3) is 0 Å². The maximum absolute atomic E-state index is 3.44. The summed E-state index contributed by atoms with van der Waals surface area (Å²) in [5, 5.41) is 3.44. The van der Waals surface area contributed by atoms with Crippen molar-refractivity contribution in [1.82, 2.24) is 10.2 Å². The molecular weight excluding hydrogens is 332 g/mol. The van der Waals surface area contributed by atoms with Gasteiger partial charge in [0.15, 0.2) is 0 Å². The van der Waals surface area contributed by atoms with Crippen molar-refractivity contribution in [2.24, 2.45) is 0 Å². The van der Waals surface area contributed by atoms with Crippen LogP contribution >= 0.6 is 0 Å². The summed E-state index contributed by atoms with van der Waals surface area (Å²) in [6.45, 7) is 9.07. The Morgan fingerprint density at radius 3 is 2.54 bits per heavy atom. The Labute approximate surface area is 93.5 Å². The van der Waals surface area contributed by atoms with Gasteiger partial charge in [0, 0.05) is 0 Å². The molecule has 0 atom stereocenters. The van der Waals surface area contributed by atoms with Crippen molar-refractivity contribution in [3.8, 4) is 0 Å². The van der Waals surface area contributed by atoms with Crippen LogP contribution in [0.5, 0.6) is 0 Å². The summed E-state index contributed by atoms with van der Waals surface area (Å²) >= 11 is 1.63. The van der Waals surface area contributed by atoms with Crippen LogP contribution < -0.4 is 5.32 Å². The van der Waals surface area contributed by atoms with E-state index in [2.05, 4.69) is 31.1 Å². The first-order chi connectivity index (χ1) is 6.20. The molecule has 78 valence electrons. The molecule has 0 unspecified atom stereocenters. The summed E-state index contributed by atoms with van der Waals surface area (Å²) in [5.41, 5.74) is 0. The van der Waals surface area contributed by atoms with Gasteiger partial charge in [-0.2, -0.15) is 0 Å². The van der Waals surface area contributed by atoms with Crippen LogP contribution in [0.3, 0.4) is 0 Å². The van der Waals surface area contributed by atoms with Crippen LogP contribution in [-0.4, -0.2) is 42.0 Å². The van der Waals surface area contributed by atoms with Gasteiger partial charge in [-0.15, -0.1) is 0 Å². The van der Waals surface area contributed by atoms with Crippen molar-refractivity contribution < 1.29 is 19.4 Å². The molecule has 0 spiro atoms. The molecule has 0 aliphatic rings. The number of nitrogens with zero attached hydrogens (tertiary/aromatic N) is 1. The molecule has 13 heavy (non-hydrogen) atoms. The van der Waals surface area contributed by atoms with E-state index in [0.29, 0.717) is 0 Å². The Morgan fingerprint density at radius 1 is 1.31 bits per heavy atom. The van der Waals surface area contributed by atoms with E-state index in [9.17, 15) is 0 Å². The average molecular weight is 354 g/mol. The van der Waals surface area contributed by atoms with E-state index >= 15 is 0 Å². The van der Waals surface area contributed by atoms with E-state index < -0.39 is 0 Å². The van der Waals surface area contributed by atoms with Crippen molar-refractivity contribution in [1.29, 1.82) is 0 Å². The van der Waals surface area contributed by atoms with Crippen molar-refractivity contribution in [3.63, 3.8) is 0 Å². The normalized spacial score (nSPS) is 10.8. The van der Waals surface area contributed by atoms with E-state index in [1.807, 2.05) is 0 Å². The molecule has 0 aromatic rings. The zero-order valence-corrected chi connectivity index (χ0v) is 12.0. The summed E-state index contributed by atoms with van der Waals surface area (Å²) in [7, 11) is 2.20. The molecular formula is C10H22N2W. The zero-order chi connectivity index (χ0) is 10.1. The molecule has 2 nitrogen and oxygen atoms in total. The van der Waals surface area contributed by atoms with Gasteiger partial charge in [-0.05, 0) is 0 Å². The molecule has 0 bridgehead atoms. The fourth-order valence-corrected chi connectivity index (χ4v) is 2.38. The van der Waals surface area contributed by atoms with Gasteiger partial charge in [0.25, 0.3) is 0 Å². The summed E-state index contributed by atoms with van der Waals surface area (Å²) in [5.74, 6) is 0. The Balaban J connectivity index is 3.38. The van der Waals surface area contributed by atoms with E-state index in [1.54, 1.807) is 23.3 Å². The third-order valence-corrected chi connectivity index (χ3v) is 2.78. The standard InChI is InChI=1S/C10H22N2.W/c1-4-7-11-8-6-10-12(3)9-5-2;/h11H,4-5,7-10H2,1-3H3;. The second-order valence-corrected chi connectivity index (χ2v) is 5.53. The first-order valence-corrected chi connectivity index (χ1v) is 6.58. The topological polar surface area (TPSA) is 15.3 Å². The molecule has 0 amide bonds. The van der Waals surface area contributed by atoms with E-state index in [4.69, 9.17) is 0 Å². The third kappa shape index (κ3) is 8.80. The van der Waals surface area contributed by atoms with Crippen LogP contribution in [0, 0.1) is 0 Å². The second kappa shape index (κ2) is 9.05. The molecule has 0 heterocycles. The Kier molecular flexibility index (Phi) is 9.38. The van der Waals surface area contributed by atoms with Crippen LogP contribution in [0.1, 0.15) is 26.7 Å². The summed E-state index contributed by atoms with van der Waals surface area (Å²) in [6.07, 6.45) is 2.48. The van der Waals surface area contributed by atoms with E-state index in [-0.39, 0.29) is 0 Å². The average Bonchev–Trinajstić information content (AvgIpc) is 2.05. The Hall–Kier alpha value is 0.478. The fraction of sp³-hybridized carbons (Fsp3) is 0.900. The predicted molar refractivity (Wildman–Crippen MR) is 56.0 cm³/mol. The van der Waals surface area contributed by atoms with Crippen molar-refractivity contribution in [3.05, 3.63) is 0 Å². The molecule has 0 radical (unpaired) electrons. The van der Waals surface area contributed by atoms with Gasteiger partial charge in [0.05, 0.1) is 0 Å². The number of hydrogen-bond donors (Lipinski definition) is 1. The first kappa shape index (κ1) is 13.5. The zero-order valence-electron chi connectivity index (χ0n) is 9.10. The molecule has 1 N–H and O–H groups in total. The van der Waals surface area contributed by atoms with Gasteiger partial charge in [0.1, 0.15) is 0 Å². The first-order valence-electron chi connectivity index (χ1n) is 5.11. The number of hydrogen-bond acceptors (Lipinski definition) is 2. The van der Waals surface area contributed by atoms with Crippen molar-refractivity contribution in [2.45, 2.75) is 26.7 Å². The van der Waals surface area contributed by atoms with Crippen molar-refractivity contribution in [2.75, 3.05) is 33.2 Å².